The van der Waals surface area contributed by atoms with Crippen molar-refractivity contribution >= 4 is 5.97 Å². The number of rotatable bonds is 1. The first-order valence-corrected chi connectivity index (χ1v) is 3.47. The molecule has 0 spiro atoms. The zero-order chi connectivity index (χ0) is 8.49. The number of carboxylic acids is 1. The smallest absolute Gasteiger partial charge is 0.315 e. The van der Waals surface area contributed by atoms with Crippen molar-refractivity contribution < 1.29 is 18.7 Å². The van der Waals surface area contributed by atoms with Gasteiger partial charge >= 0.3 is 5.97 Å². The van der Waals surface area contributed by atoms with Gasteiger partial charge in [-0.2, -0.15) is 0 Å². The Morgan fingerprint density at radius 3 is 2.00 bits per heavy atom. The van der Waals surface area contributed by atoms with Crippen LogP contribution in [0.4, 0.5) is 8.78 Å². The van der Waals surface area contributed by atoms with Gasteiger partial charge in [-0.05, 0) is 12.8 Å². The van der Waals surface area contributed by atoms with E-state index < -0.39 is 22.7 Å². The average molecular weight is 162 g/mol. The third-order valence-electron chi connectivity index (χ3n) is 3.15. The Morgan fingerprint density at radius 2 is 1.91 bits per heavy atom. The Labute approximate surface area is 62.2 Å². The van der Waals surface area contributed by atoms with Gasteiger partial charge in [-0.1, -0.05) is 6.92 Å². The molecule has 0 aromatic heterocycles. The maximum atomic E-state index is 12.9. The standard InChI is InChI=1S/C7H8F2O2/c1-5-2-6(3-5,4(10)11)7(5,8)9/h2-3H2,1H3,(H,10,11). The molecule has 0 aliphatic heterocycles. The summed E-state index contributed by atoms with van der Waals surface area (Å²) in [6.07, 6.45) is 0.282. The number of halogens is 2. The van der Waals surface area contributed by atoms with Crippen molar-refractivity contribution in [1.82, 2.24) is 0 Å². The fourth-order valence-corrected chi connectivity index (χ4v) is 2.37. The molecule has 0 aromatic carbocycles. The lowest BCUT2D eigenvalue weighted by Crippen LogP contribution is -2.80. The molecular weight excluding hydrogens is 154 g/mol. The highest BCUT2D eigenvalue weighted by molar-refractivity contribution is 5.81. The van der Waals surface area contributed by atoms with Crippen molar-refractivity contribution in [3.63, 3.8) is 0 Å². The van der Waals surface area contributed by atoms with Gasteiger partial charge in [0, 0.05) is 5.41 Å². The summed E-state index contributed by atoms with van der Waals surface area (Å²) in [5.74, 6) is -4.31. The van der Waals surface area contributed by atoms with E-state index in [1.54, 1.807) is 0 Å². The van der Waals surface area contributed by atoms with Gasteiger partial charge < -0.3 is 5.11 Å². The topological polar surface area (TPSA) is 37.3 Å². The minimum absolute atomic E-state index is 0.141. The van der Waals surface area contributed by atoms with E-state index in [4.69, 9.17) is 5.11 Å². The minimum atomic E-state index is -2.97. The zero-order valence-electron chi connectivity index (χ0n) is 6.03. The summed E-state index contributed by atoms with van der Waals surface area (Å²) in [4.78, 5) is 10.4. The molecule has 0 aromatic rings. The lowest BCUT2D eigenvalue weighted by Gasteiger charge is -2.71. The third kappa shape index (κ3) is 0.402. The Balaban J connectivity index is 2.32. The van der Waals surface area contributed by atoms with E-state index in [2.05, 4.69) is 0 Å². The Hall–Kier alpha value is -0.670. The van der Waals surface area contributed by atoms with Crippen LogP contribution in [0.15, 0.2) is 0 Å². The van der Waals surface area contributed by atoms with E-state index >= 15 is 0 Å². The van der Waals surface area contributed by atoms with Gasteiger partial charge in [-0.25, -0.2) is 8.78 Å². The number of hydrogen-bond donors (Lipinski definition) is 1. The maximum absolute atomic E-state index is 12.9. The molecule has 1 N–H and O–H groups in total. The van der Waals surface area contributed by atoms with Gasteiger partial charge in [0.1, 0.15) is 5.41 Å². The van der Waals surface area contributed by atoms with E-state index in [1.165, 1.54) is 6.92 Å². The van der Waals surface area contributed by atoms with Crippen LogP contribution >= 0.6 is 0 Å². The molecule has 0 amide bonds. The number of carbonyl (C=O) groups is 1. The second-order valence-corrected chi connectivity index (χ2v) is 3.88. The summed E-state index contributed by atoms with van der Waals surface area (Å²) < 4.78 is 25.8. The van der Waals surface area contributed by atoms with Crippen molar-refractivity contribution in [2.24, 2.45) is 10.8 Å². The van der Waals surface area contributed by atoms with E-state index in [-0.39, 0.29) is 12.8 Å². The van der Waals surface area contributed by atoms with Crippen molar-refractivity contribution in [1.29, 1.82) is 0 Å². The molecule has 62 valence electrons. The molecule has 0 radical (unpaired) electrons. The molecule has 2 nitrogen and oxygen atoms in total. The molecule has 0 atom stereocenters. The summed E-state index contributed by atoms with van der Waals surface area (Å²) >= 11 is 0. The van der Waals surface area contributed by atoms with Gasteiger partial charge in [-0.15, -0.1) is 0 Å². The first-order chi connectivity index (χ1) is 4.86. The fourth-order valence-electron chi connectivity index (χ4n) is 2.37. The average Bonchev–Trinajstić information content (AvgIpc) is 1.81. The molecule has 3 aliphatic rings. The second kappa shape index (κ2) is 1.30. The lowest BCUT2D eigenvalue weighted by atomic mass is 9.33. The van der Waals surface area contributed by atoms with E-state index in [1.807, 2.05) is 0 Å². The zero-order valence-corrected chi connectivity index (χ0v) is 6.03. The molecule has 2 bridgehead atoms. The van der Waals surface area contributed by atoms with Crippen LogP contribution in [-0.4, -0.2) is 17.0 Å². The fraction of sp³-hybridized carbons (Fsp3) is 0.857. The second-order valence-electron chi connectivity index (χ2n) is 3.88. The number of hydrogen-bond acceptors (Lipinski definition) is 1. The molecule has 3 fully saturated rings. The Morgan fingerprint density at radius 1 is 1.45 bits per heavy atom. The van der Waals surface area contributed by atoms with Gasteiger partial charge in [0.15, 0.2) is 0 Å². The van der Waals surface area contributed by atoms with Crippen LogP contribution in [0.2, 0.25) is 0 Å². The molecule has 3 saturated carbocycles. The summed E-state index contributed by atoms with van der Waals surface area (Å²) in [5, 5.41) is 8.50. The highest BCUT2D eigenvalue weighted by atomic mass is 19.3. The summed E-state index contributed by atoms with van der Waals surface area (Å²) in [7, 11) is 0. The summed E-state index contributed by atoms with van der Waals surface area (Å²) in [6.45, 7) is 1.44. The van der Waals surface area contributed by atoms with Crippen LogP contribution in [0.25, 0.3) is 0 Å². The van der Waals surface area contributed by atoms with Crippen molar-refractivity contribution in [3.05, 3.63) is 0 Å². The van der Waals surface area contributed by atoms with E-state index in [0.29, 0.717) is 0 Å². The lowest BCUT2D eigenvalue weighted by molar-refractivity contribution is -0.390. The molecule has 11 heavy (non-hydrogen) atoms. The summed E-state index contributed by atoms with van der Waals surface area (Å²) in [5.41, 5.74) is -2.70. The first kappa shape index (κ1) is 7.00. The third-order valence-corrected chi connectivity index (χ3v) is 3.15. The van der Waals surface area contributed by atoms with Crippen molar-refractivity contribution in [2.75, 3.05) is 0 Å². The summed E-state index contributed by atoms with van der Waals surface area (Å²) in [6, 6.07) is 0. The highest BCUT2D eigenvalue weighted by Crippen LogP contribution is 2.81. The number of alkyl halides is 2. The van der Waals surface area contributed by atoms with Crippen LogP contribution < -0.4 is 0 Å². The monoisotopic (exact) mass is 162 g/mol. The largest absolute Gasteiger partial charge is 0.481 e. The molecule has 0 unspecified atom stereocenters. The quantitative estimate of drug-likeness (QED) is 0.634. The van der Waals surface area contributed by atoms with Crippen molar-refractivity contribution in [3.8, 4) is 0 Å². The normalized spacial score (nSPS) is 50.8. The Kier molecular flexibility index (Phi) is 0.827. The molecule has 3 aliphatic carbocycles. The van der Waals surface area contributed by atoms with E-state index in [9.17, 15) is 13.6 Å². The van der Waals surface area contributed by atoms with Gasteiger partial charge in [0.25, 0.3) is 5.92 Å². The van der Waals surface area contributed by atoms with Crippen molar-refractivity contribution in [2.45, 2.75) is 25.7 Å². The van der Waals surface area contributed by atoms with Crippen LogP contribution in [0.5, 0.6) is 0 Å². The molecule has 0 saturated heterocycles. The molecular formula is C7H8F2O2. The predicted octanol–water partition coefficient (Wildman–Crippen LogP) is 1.51. The molecule has 4 heteroatoms. The van der Waals surface area contributed by atoms with Crippen LogP contribution in [0, 0.1) is 10.8 Å². The van der Waals surface area contributed by atoms with Gasteiger partial charge in [0.05, 0.1) is 0 Å². The first-order valence-electron chi connectivity index (χ1n) is 3.47. The number of carboxylic acid groups (broad SMARTS) is 1. The van der Waals surface area contributed by atoms with E-state index in [0.717, 1.165) is 0 Å². The molecule has 0 heterocycles. The predicted molar refractivity (Wildman–Crippen MR) is 32.4 cm³/mol. The van der Waals surface area contributed by atoms with Crippen LogP contribution in [0.3, 0.4) is 0 Å². The Bertz CT molecular complexity index is 241. The minimum Gasteiger partial charge on any atom is -0.481 e. The SMILES string of the molecule is CC12CC(C(=O)O)(C1)C2(F)F. The molecule has 3 rings (SSSR count). The number of aliphatic carboxylic acids is 1. The maximum Gasteiger partial charge on any atom is 0.315 e. The van der Waals surface area contributed by atoms with Gasteiger partial charge in [0.2, 0.25) is 0 Å². The van der Waals surface area contributed by atoms with Gasteiger partial charge in [-0.3, -0.25) is 4.79 Å². The van der Waals surface area contributed by atoms with Crippen LogP contribution in [-0.2, 0) is 4.79 Å². The van der Waals surface area contributed by atoms with Crippen LogP contribution in [0.1, 0.15) is 19.8 Å². The highest BCUT2D eigenvalue weighted by Gasteiger charge is 2.89.